The highest BCUT2D eigenvalue weighted by atomic mass is 32.1. The molecule has 1 saturated heterocycles. The van der Waals surface area contributed by atoms with Gasteiger partial charge in [0.25, 0.3) is 5.91 Å². The number of nitrogens with zero attached hydrogens (tertiary/aromatic N) is 6. The average molecular weight is 417 g/mol. The zero-order valence-corrected chi connectivity index (χ0v) is 17.1. The molecule has 0 atom stereocenters. The third-order valence-electron chi connectivity index (χ3n) is 5.16. The van der Waals surface area contributed by atoms with Crippen molar-refractivity contribution in [2.24, 2.45) is 0 Å². The fraction of sp³-hybridized carbons (Fsp3) is 0.182. The molecule has 1 aromatic carbocycles. The van der Waals surface area contributed by atoms with Gasteiger partial charge >= 0.3 is 0 Å². The van der Waals surface area contributed by atoms with Crippen molar-refractivity contribution in [1.82, 2.24) is 24.6 Å². The van der Waals surface area contributed by atoms with E-state index in [2.05, 4.69) is 14.9 Å². The number of hydrogen-bond donors (Lipinski definition) is 0. The number of thiophene rings is 1. The van der Waals surface area contributed by atoms with Gasteiger partial charge in [-0.1, -0.05) is 24.3 Å². The normalized spacial score (nSPS) is 14.1. The number of amides is 1. The molecule has 1 aliphatic rings. The number of para-hydroxylation sites is 1. The molecule has 1 aliphatic heterocycles. The van der Waals surface area contributed by atoms with Crippen LogP contribution >= 0.6 is 11.3 Å². The molecular formula is C22H20N6OS. The van der Waals surface area contributed by atoms with Gasteiger partial charge in [-0.2, -0.15) is 5.10 Å². The summed E-state index contributed by atoms with van der Waals surface area (Å²) in [6.45, 7) is 2.72. The predicted octanol–water partition coefficient (Wildman–Crippen LogP) is 3.35. The largest absolute Gasteiger partial charge is 0.352 e. The van der Waals surface area contributed by atoms with Gasteiger partial charge in [-0.25, -0.2) is 9.67 Å². The van der Waals surface area contributed by atoms with Crippen LogP contribution in [0.3, 0.4) is 0 Å². The summed E-state index contributed by atoms with van der Waals surface area (Å²) in [4.78, 5) is 27.0. The molecule has 7 nitrogen and oxygen atoms in total. The number of hydrogen-bond acceptors (Lipinski definition) is 6. The molecule has 150 valence electrons. The van der Waals surface area contributed by atoms with Crippen molar-refractivity contribution in [2.45, 2.75) is 0 Å². The molecule has 0 aliphatic carbocycles. The first-order chi connectivity index (χ1) is 14.8. The Morgan fingerprint density at radius 3 is 2.50 bits per heavy atom. The molecule has 0 spiro atoms. The number of benzene rings is 1. The first-order valence-electron chi connectivity index (χ1n) is 9.79. The number of carbonyl (C=O) groups excluding carboxylic acids is 1. The van der Waals surface area contributed by atoms with E-state index in [4.69, 9.17) is 5.10 Å². The van der Waals surface area contributed by atoms with Crippen LogP contribution < -0.4 is 4.90 Å². The van der Waals surface area contributed by atoms with Gasteiger partial charge in [0, 0.05) is 44.8 Å². The van der Waals surface area contributed by atoms with Crippen LogP contribution in [0.25, 0.3) is 16.3 Å². The Labute approximate surface area is 178 Å². The van der Waals surface area contributed by atoms with Gasteiger partial charge < -0.3 is 9.80 Å². The first kappa shape index (κ1) is 18.5. The lowest BCUT2D eigenvalue weighted by Crippen LogP contribution is -2.49. The molecular weight excluding hydrogens is 396 g/mol. The average Bonchev–Trinajstić information content (AvgIpc) is 3.50. The second kappa shape index (κ2) is 8.08. The lowest BCUT2D eigenvalue weighted by Gasteiger charge is -2.35. The van der Waals surface area contributed by atoms with Crippen molar-refractivity contribution < 1.29 is 4.79 Å². The van der Waals surface area contributed by atoms with Crippen molar-refractivity contribution in [3.63, 3.8) is 0 Å². The molecule has 5 rings (SSSR count). The predicted molar refractivity (Wildman–Crippen MR) is 117 cm³/mol. The molecule has 4 aromatic rings. The minimum absolute atomic E-state index is 0.0133. The van der Waals surface area contributed by atoms with E-state index in [0.29, 0.717) is 18.7 Å². The highest BCUT2D eigenvalue weighted by Crippen LogP contribution is 2.29. The Hall–Kier alpha value is -3.52. The van der Waals surface area contributed by atoms with E-state index >= 15 is 0 Å². The Kier molecular flexibility index (Phi) is 4.98. The van der Waals surface area contributed by atoms with Crippen molar-refractivity contribution in [3.8, 4) is 16.3 Å². The van der Waals surface area contributed by atoms with Crippen molar-refractivity contribution in [1.29, 1.82) is 0 Å². The zero-order chi connectivity index (χ0) is 20.3. The van der Waals surface area contributed by atoms with Gasteiger partial charge in [0.2, 0.25) is 0 Å². The second-order valence-electron chi connectivity index (χ2n) is 6.99. The van der Waals surface area contributed by atoms with Crippen LogP contribution in [0.1, 0.15) is 10.4 Å². The Bertz CT molecular complexity index is 1120. The maximum Gasteiger partial charge on any atom is 0.257 e. The topological polar surface area (TPSA) is 67.2 Å². The van der Waals surface area contributed by atoms with Gasteiger partial charge in [0.1, 0.15) is 11.5 Å². The smallest absolute Gasteiger partial charge is 0.257 e. The van der Waals surface area contributed by atoms with Gasteiger partial charge in [0.05, 0.1) is 22.3 Å². The molecule has 4 heterocycles. The van der Waals surface area contributed by atoms with Crippen LogP contribution in [0.15, 0.2) is 72.6 Å². The molecule has 0 bridgehead atoms. The van der Waals surface area contributed by atoms with Crippen molar-refractivity contribution >= 4 is 23.1 Å². The number of rotatable bonds is 4. The summed E-state index contributed by atoms with van der Waals surface area (Å²) in [7, 11) is 0. The van der Waals surface area contributed by atoms with Crippen LogP contribution in [0.4, 0.5) is 5.82 Å². The molecule has 0 saturated carbocycles. The summed E-state index contributed by atoms with van der Waals surface area (Å²) in [5, 5.41) is 6.76. The van der Waals surface area contributed by atoms with Gasteiger partial charge in [-0.3, -0.25) is 9.78 Å². The van der Waals surface area contributed by atoms with Crippen LogP contribution in [-0.2, 0) is 0 Å². The minimum Gasteiger partial charge on any atom is -0.352 e. The third kappa shape index (κ3) is 3.57. The first-order valence-corrected chi connectivity index (χ1v) is 10.7. The summed E-state index contributed by atoms with van der Waals surface area (Å²) in [5.41, 5.74) is 2.30. The molecule has 0 unspecified atom stereocenters. The molecule has 0 radical (unpaired) electrons. The van der Waals surface area contributed by atoms with E-state index < -0.39 is 0 Å². The monoisotopic (exact) mass is 416 g/mol. The summed E-state index contributed by atoms with van der Waals surface area (Å²) in [6, 6.07) is 13.9. The lowest BCUT2D eigenvalue weighted by atomic mass is 10.1. The Balaban J connectivity index is 1.41. The van der Waals surface area contributed by atoms with E-state index in [1.807, 2.05) is 58.9 Å². The molecule has 0 N–H and O–H groups in total. The number of anilines is 1. The highest BCUT2D eigenvalue weighted by molar-refractivity contribution is 7.13. The van der Waals surface area contributed by atoms with E-state index in [1.165, 1.54) is 0 Å². The minimum atomic E-state index is 0.0133. The van der Waals surface area contributed by atoms with E-state index in [9.17, 15) is 4.79 Å². The van der Waals surface area contributed by atoms with Crippen LogP contribution in [0.5, 0.6) is 0 Å². The number of aromatic nitrogens is 4. The fourth-order valence-corrected chi connectivity index (χ4v) is 4.33. The van der Waals surface area contributed by atoms with Gasteiger partial charge in [0.15, 0.2) is 0 Å². The van der Waals surface area contributed by atoms with Crippen molar-refractivity contribution in [2.75, 3.05) is 31.1 Å². The molecule has 1 amide bonds. The highest BCUT2D eigenvalue weighted by Gasteiger charge is 2.27. The van der Waals surface area contributed by atoms with Crippen LogP contribution in [0.2, 0.25) is 0 Å². The number of piperazine rings is 1. The maximum absolute atomic E-state index is 13.4. The lowest BCUT2D eigenvalue weighted by molar-refractivity contribution is 0.0747. The number of carbonyl (C=O) groups is 1. The van der Waals surface area contributed by atoms with Crippen LogP contribution in [0, 0.1) is 0 Å². The summed E-state index contributed by atoms with van der Waals surface area (Å²) < 4.78 is 1.79. The Morgan fingerprint density at radius 2 is 1.80 bits per heavy atom. The second-order valence-corrected chi connectivity index (χ2v) is 7.94. The quantitative estimate of drug-likeness (QED) is 0.510. The van der Waals surface area contributed by atoms with E-state index in [-0.39, 0.29) is 5.91 Å². The molecule has 3 aromatic heterocycles. The summed E-state index contributed by atoms with van der Waals surface area (Å²) >= 11 is 1.59. The standard InChI is InChI=1S/C22H20N6OS/c29-22(27-12-10-26(11-13-27)20-15-23-8-9-24-20)18-16-28(17-5-2-1-3-6-17)25-21(18)19-7-4-14-30-19/h1-9,14-16H,10-13H2. The van der Waals surface area contributed by atoms with Crippen molar-refractivity contribution in [3.05, 3.63) is 78.2 Å². The van der Waals surface area contributed by atoms with Crippen LogP contribution in [-0.4, -0.2) is 56.7 Å². The maximum atomic E-state index is 13.4. The van der Waals surface area contributed by atoms with Gasteiger partial charge in [-0.05, 0) is 23.6 Å². The third-order valence-corrected chi connectivity index (χ3v) is 6.04. The fourth-order valence-electron chi connectivity index (χ4n) is 3.60. The summed E-state index contributed by atoms with van der Waals surface area (Å²) in [6.07, 6.45) is 6.97. The summed E-state index contributed by atoms with van der Waals surface area (Å²) in [5.74, 6) is 0.861. The molecule has 1 fully saturated rings. The van der Waals surface area contributed by atoms with E-state index in [0.717, 1.165) is 35.2 Å². The van der Waals surface area contributed by atoms with E-state index in [1.54, 1.807) is 34.6 Å². The zero-order valence-electron chi connectivity index (χ0n) is 16.3. The Morgan fingerprint density at radius 1 is 0.967 bits per heavy atom. The molecule has 30 heavy (non-hydrogen) atoms. The SMILES string of the molecule is O=C(c1cn(-c2ccccc2)nc1-c1cccs1)N1CCN(c2cnccn2)CC1. The molecule has 8 heteroatoms. The van der Waals surface area contributed by atoms with Gasteiger partial charge in [-0.15, -0.1) is 11.3 Å².